The van der Waals surface area contributed by atoms with Crippen LogP contribution in [0.1, 0.15) is 28.3 Å². The number of hydrogen-bond donors (Lipinski definition) is 1. The van der Waals surface area contributed by atoms with Crippen molar-refractivity contribution in [3.63, 3.8) is 0 Å². The van der Waals surface area contributed by atoms with Gasteiger partial charge in [-0.2, -0.15) is 10.3 Å². The third-order valence-corrected chi connectivity index (χ3v) is 7.56. The Bertz CT molecular complexity index is 1690. The van der Waals surface area contributed by atoms with Crippen molar-refractivity contribution in [3.05, 3.63) is 89.2 Å². The zero-order valence-corrected chi connectivity index (χ0v) is 24.2. The maximum Gasteiger partial charge on any atom is 0.573 e. The van der Waals surface area contributed by atoms with Crippen molar-refractivity contribution >= 4 is 28.6 Å². The van der Waals surface area contributed by atoms with Crippen LogP contribution in [0.2, 0.25) is 0 Å². The summed E-state index contributed by atoms with van der Waals surface area (Å²) in [4.78, 5) is 23.5. The molecule has 43 heavy (non-hydrogen) atoms. The van der Waals surface area contributed by atoms with E-state index in [1.807, 2.05) is 25.7 Å². The van der Waals surface area contributed by atoms with E-state index in [9.17, 15) is 23.2 Å². The number of benzene rings is 3. The second-order valence-corrected chi connectivity index (χ2v) is 10.9. The lowest BCUT2D eigenvalue weighted by Crippen LogP contribution is -2.30. The molecule has 9 nitrogen and oxygen atoms in total. The zero-order chi connectivity index (χ0) is 30.7. The van der Waals surface area contributed by atoms with Crippen molar-refractivity contribution in [2.24, 2.45) is 4.99 Å². The Morgan fingerprint density at radius 2 is 1.77 bits per heavy atom. The molecule has 0 radical (unpaired) electrons. The van der Waals surface area contributed by atoms with E-state index in [-0.39, 0.29) is 5.75 Å². The van der Waals surface area contributed by atoms with Crippen LogP contribution in [0.25, 0.3) is 17.1 Å². The van der Waals surface area contributed by atoms with Crippen LogP contribution in [0.4, 0.5) is 23.7 Å². The van der Waals surface area contributed by atoms with Crippen LogP contribution in [0, 0.1) is 32.1 Å². The molecule has 1 saturated heterocycles. The Morgan fingerprint density at radius 1 is 1.09 bits per heavy atom. The molecule has 5 rings (SSSR count). The maximum atomic E-state index is 12.9. The number of nitrogens with one attached hydrogen (secondary N) is 1. The highest BCUT2D eigenvalue weighted by molar-refractivity contribution is 8.14. The highest BCUT2D eigenvalue weighted by Gasteiger charge is 2.31. The van der Waals surface area contributed by atoms with Crippen LogP contribution in [-0.4, -0.2) is 44.6 Å². The summed E-state index contributed by atoms with van der Waals surface area (Å²) in [5.41, 5.74) is 6.11. The molecule has 3 aromatic carbocycles. The Hall–Kier alpha value is -4.83. The predicted molar refractivity (Wildman–Crippen MR) is 158 cm³/mol. The summed E-state index contributed by atoms with van der Waals surface area (Å²) < 4.78 is 42.5. The fraction of sp³-hybridized carbons (Fsp3) is 0.233. The average molecular weight is 606 g/mol. The topological polar surface area (TPSA) is 108 Å². The molecule has 1 unspecified atom stereocenters. The summed E-state index contributed by atoms with van der Waals surface area (Å²) >= 11 is 1.49. The van der Waals surface area contributed by atoms with E-state index in [4.69, 9.17) is 0 Å². The molecule has 1 aliphatic heterocycles. The number of hydrogen-bond acceptors (Lipinski definition) is 6. The number of rotatable bonds is 6. The van der Waals surface area contributed by atoms with Gasteiger partial charge in [-0.3, -0.25) is 0 Å². The standard InChI is InChI=1S/C30H26F3N7O2S/c1-18-14-19(2)26(20(3)15-18)39-12-13-43-29(39)37-28(41)36-25(16-34)21-4-6-22(7-5-21)27-35-17-40(38-27)23-8-10-24(11-9-23)42-30(31,32)33/h4-11,14-15,17,25H,12-13H2,1-3H3,(H,36,41). The monoisotopic (exact) mass is 605 g/mol. The van der Waals surface area contributed by atoms with Gasteiger partial charge in [0, 0.05) is 23.5 Å². The third kappa shape index (κ3) is 6.98. The number of urea groups is 1. The summed E-state index contributed by atoms with van der Waals surface area (Å²) in [5.74, 6) is 0.823. The van der Waals surface area contributed by atoms with E-state index in [0.29, 0.717) is 27.8 Å². The smallest absolute Gasteiger partial charge is 0.406 e. The number of carbonyl (C=O) groups excluding carboxylic acids is 1. The second kappa shape index (κ2) is 12.2. The Morgan fingerprint density at radius 3 is 2.40 bits per heavy atom. The normalized spacial score (nSPS) is 14.9. The number of nitriles is 1. The van der Waals surface area contributed by atoms with Crippen molar-refractivity contribution in [2.75, 3.05) is 17.2 Å². The minimum Gasteiger partial charge on any atom is -0.406 e. The van der Waals surface area contributed by atoms with Crippen LogP contribution in [-0.2, 0) is 0 Å². The number of ether oxygens (including phenoxy) is 1. The van der Waals surface area contributed by atoms with E-state index in [0.717, 1.165) is 29.1 Å². The van der Waals surface area contributed by atoms with Gasteiger partial charge < -0.3 is 15.0 Å². The molecule has 220 valence electrons. The van der Waals surface area contributed by atoms with E-state index < -0.39 is 18.4 Å². The molecule has 0 spiro atoms. The number of aromatic nitrogens is 3. The van der Waals surface area contributed by atoms with Gasteiger partial charge in [0.1, 0.15) is 18.1 Å². The lowest BCUT2D eigenvalue weighted by atomic mass is 10.0. The number of amides is 2. The maximum absolute atomic E-state index is 12.9. The number of aliphatic imine (C=N–C) groups is 1. The summed E-state index contributed by atoms with van der Waals surface area (Å²) in [7, 11) is 0. The minimum absolute atomic E-state index is 0.339. The van der Waals surface area contributed by atoms with Crippen LogP contribution in [0.5, 0.6) is 5.75 Å². The van der Waals surface area contributed by atoms with Gasteiger partial charge in [0.25, 0.3) is 0 Å². The Balaban J connectivity index is 1.26. The number of amidine groups is 1. The molecule has 1 aliphatic rings. The highest BCUT2D eigenvalue weighted by Crippen LogP contribution is 2.32. The first-order chi connectivity index (χ1) is 20.5. The van der Waals surface area contributed by atoms with Crippen molar-refractivity contribution < 1.29 is 22.7 Å². The molecule has 0 aliphatic carbocycles. The molecular weight excluding hydrogens is 579 g/mol. The lowest BCUT2D eigenvalue weighted by molar-refractivity contribution is -0.274. The predicted octanol–water partition coefficient (Wildman–Crippen LogP) is 6.64. The first-order valence-electron chi connectivity index (χ1n) is 13.2. The van der Waals surface area contributed by atoms with Gasteiger partial charge >= 0.3 is 12.4 Å². The molecule has 2 heterocycles. The fourth-order valence-electron chi connectivity index (χ4n) is 4.88. The van der Waals surface area contributed by atoms with Gasteiger partial charge in [-0.05, 0) is 61.7 Å². The largest absolute Gasteiger partial charge is 0.573 e. The van der Waals surface area contributed by atoms with Crippen LogP contribution in [0.15, 0.2) is 72.0 Å². The molecule has 1 atom stereocenters. The van der Waals surface area contributed by atoms with Gasteiger partial charge in [0.05, 0.1) is 11.8 Å². The quantitative estimate of drug-likeness (QED) is 0.262. The summed E-state index contributed by atoms with van der Waals surface area (Å²) in [6.07, 6.45) is -3.34. The Kier molecular flexibility index (Phi) is 8.40. The molecule has 1 fully saturated rings. The SMILES string of the molecule is Cc1cc(C)c(N2CCSC2=NC(=O)NC(C#N)c2ccc(-c3ncn(-c4ccc(OC(F)(F)F)cc4)n3)cc2)c(C)c1. The minimum atomic E-state index is -4.77. The van der Waals surface area contributed by atoms with Crippen molar-refractivity contribution in [2.45, 2.75) is 33.2 Å². The Labute approximate surface area is 250 Å². The zero-order valence-electron chi connectivity index (χ0n) is 23.4. The number of alkyl halides is 3. The van der Waals surface area contributed by atoms with Crippen LogP contribution >= 0.6 is 11.8 Å². The first-order valence-corrected chi connectivity index (χ1v) is 14.1. The molecule has 0 saturated carbocycles. The van der Waals surface area contributed by atoms with Gasteiger partial charge in [-0.15, -0.1) is 18.3 Å². The van der Waals surface area contributed by atoms with Crippen molar-refractivity contribution in [1.82, 2.24) is 20.1 Å². The number of aryl methyl sites for hydroxylation is 3. The summed E-state index contributed by atoms with van der Waals surface area (Å²) in [5, 5.41) is 17.4. The number of anilines is 1. The number of nitrogens with zero attached hydrogens (tertiary/aromatic N) is 6. The highest BCUT2D eigenvalue weighted by atomic mass is 32.2. The molecule has 0 bridgehead atoms. The van der Waals surface area contributed by atoms with Gasteiger partial charge in [-0.1, -0.05) is 53.7 Å². The molecule has 1 N–H and O–H groups in total. The lowest BCUT2D eigenvalue weighted by Gasteiger charge is -2.23. The summed E-state index contributed by atoms with van der Waals surface area (Å²) in [6, 6.07) is 16.8. The number of carbonyl (C=O) groups is 1. The molecule has 13 heteroatoms. The average Bonchev–Trinajstić information content (AvgIpc) is 3.61. The molecule has 2 amide bonds. The van der Waals surface area contributed by atoms with Crippen LogP contribution in [0.3, 0.4) is 0 Å². The first kappa shape index (κ1) is 29.7. The van der Waals surface area contributed by atoms with Crippen molar-refractivity contribution in [3.8, 4) is 28.9 Å². The second-order valence-electron chi connectivity index (χ2n) is 9.83. The molecule has 1 aromatic heterocycles. The van der Waals surface area contributed by atoms with Crippen molar-refractivity contribution in [1.29, 1.82) is 5.26 Å². The third-order valence-electron chi connectivity index (χ3n) is 6.61. The van der Waals surface area contributed by atoms with Gasteiger partial charge in [-0.25, -0.2) is 14.5 Å². The molecular formula is C30H26F3N7O2S. The van der Waals surface area contributed by atoms with E-state index in [1.165, 1.54) is 52.6 Å². The van der Waals surface area contributed by atoms with E-state index >= 15 is 0 Å². The van der Waals surface area contributed by atoms with E-state index in [1.54, 1.807) is 24.3 Å². The number of thioether (sulfide) groups is 1. The van der Waals surface area contributed by atoms with E-state index in [2.05, 4.69) is 43.3 Å². The molecule has 4 aromatic rings. The summed E-state index contributed by atoms with van der Waals surface area (Å²) in [6.45, 7) is 6.86. The van der Waals surface area contributed by atoms with Gasteiger partial charge in [0.15, 0.2) is 11.0 Å². The van der Waals surface area contributed by atoms with Crippen LogP contribution < -0.4 is 15.0 Å². The van der Waals surface area contributed by atoms with Gasteiger partial charge in [0.2, 0.25) is 0 Å². The fourth-order valence-corrected chi connectivity index (χ4v) is 5.82. The number of halogens is 3.